The molecule has 0 N–H and O–H groups in total. The molecule has 6 heteroatoms. The molecule has 0 radical (unpaired) electrons. The van der Waals surface area contributed by atoms with Crippen LogP contribution in [0.4, 0.5) is 0 Å². The van der Waals surface area contributed by atoms with Crippen LogP contribution in [0.15, 0.2) is 18.2 Å². The van der Waals surface area contributed by atoms with Gasteiger partial charge in [0.15, 0.2) is 0 Å². The van der Waals surface area contributed by atoms with Crippen molar-refractivity contribution in [2.75, 3.05) is 13.2 Å². The quantitative estimate of drug-likeness (QED) is 0.791. The Hall–Kier alpha value is -1.11. The largest absolute Gasteiger partial charge is 0.514 e. The Labute approximate surface area is 126 Å². The molecule has 1 aromatic heterocycles. The van der Waals surface area contributed by atoms with E-state index in [0.717, 1.165) is 18.6 Å². The highest BCUT2D eigenvalue weighted by molar-refractivity contribution is 6.61. The summed E-state index contributed by atoms with van der Waals surface area (Å²) in [7, 11) is -0.460. The monoisotopic (exact) mass is 291 g/mol. The van der Waals surface area contributed by atoms with Crippen molar-refractivity contribution in [2.45, 2.75) is 51.4 Å². The molecule has 114 valence electrons. The van der Waals surface area contributed by atoms with Gasteiger partial charge in [-0.2, -0.15) is 0 Å². The highest BCUT2D eigenvalue weighted by Crippen LogP contribution is 2.36. The van der Waals surface area contributed by atoms with Gasteiger partial charge in [0.1, 0.15) is 6.10 Å². The second-order valence-corrected chi connectivity index (χ2v) is 6.59. The van der Waals surface area contributed by atoms with Crippen LogP contribution < -0.4 is 10.3 Å². The van der Waals surface area contributed by atoms with Crippen molar-refractivity contribution in [1.82, 2.24) is 4.98 Å². The molecule has 0 spiro atoms. The van der Waals surface area contributed by atoms with Crippen LogP contribution >= 0.6 is 0 Å². The second-order valence-electron chi connectivity index (χ2n) is 6.59. The minimum absolute atomic E-state index is 0.0889. The van der Waals surface area contributed by atoms with E-state index < -0.39 is 7.12 Å². The first-order chi connectivity index (χ1) is 9.87. The fourth-order valence-corrected chi connectivity index (χ4v) is 2.37. The average Bonchev–Trinajstić information content (AvgIpc) is 2.97. The van der Waals surface area contributed by atoms with E-state index in [-0.39, 0.29) is 17.3 Å². The molecule has 1 atom stereocenters. The maximum absolute atomic E-state index is 6.01. The Balaban J connectivity index is 1.74. The molecule has 2 aliphatic heterocycles. The predicted molar refractivity (Wildman–Crippen MR) is 79.8 cm³/mol. The molecule has 3 rings (SSSR count). The highest BCUT2D eigenvalue weighted by atomic mass is 16.7. The van der Waals surface area contributed by atoms with Gasteiger partial charge in [-0.25, -0.2) is 4.98 Å². The maximum Gasteiger partial charge on any atom is 0.514 e. The van der Waals surface area contributed by atoms with E-state index >= 15 is 0 Å². The molecule has 3 heterocycles. The lowest BCUT2D eigenvalue weighted by Gasteiger charge is -2.32. The van der Waals surface area contributed by atoms with E-state index in [1.54, 1.807) is 0 Å². The smallest absolute Gasteiger partial charge is 0.472 e. The van der Waals surface area contributed by atoms with Crippen LogP contribution in [0.1, 0.15) is 34.1 Å². The Morgan fingerprint density at radius 1 is 1.19 bits per heavy atom. The second kappa shape index (κ2) is 5.27. The van der Waals surface area contributed by atoms with Crippen molar-refractivity contribution >= 4 is 12.7 Å². The number of aromatic nitrogens is 1. The first-order valence-electron chi connectivity index (χ1n) is 7.44. The molecule has 0 aromatic carbocycles. The van der Waals surface area contributed by atoms with Crippen LogP contribution in [0, 0.1) is 0 Å². The van der Waals surface area contributed by atoms with E-state index in [2.05, 4.69) is 4.98 Å². The number of hydrogen-bond donors (Lipinski definition) is 0. The molecule has 0 saturated carbocycles. The first kappa shape index (κ1) is 14.8. The third-order valence-electron chi connectivity index (χ3n) is 4.42. The van der Waals surface area contributed by atoms with Gasteiger partial charge in [0.2, 0.25) is 5.88 Å². The van der Waals surface area contributed by atoms with Crippen molar-refractivity contribution < 1.29 is 18.8 Å². The Kier molecular flexibility index (Phi) is 3.72. The van der Waals surface area contributed by atoms with E-state index in [1.165, 1.54) is 0 Å². The van der Waals surface area contributed by atoms with Gasteiger partial charge in [0.05, 0.1) is 30.0 Å². The van der Waals surface area contributed by atoms with Crippen molar-refractivity contribution in [3.05, 3.63) is 18.2 Å². The molecule has 2 aliphatic rings. The zero-order valence-corrected chi connectivity index (χ0v) is 13.1. The number of pyridine rings is 1. The molecule has 0 bridgehead atoms. The van der Waals surface area contributed by atoms with Gasteiger partial charge < -0.3 is 18.8 Å². The van der Waals surface area contributed by atoms with E-state index in [9.17, 15) is 0 Å². The molecule has 21 heavy (non-hydrogen) atoms. The maximum atomic E-state index is 6.01. The van der Waals surface area contributed by atoms with Gasteiger partial charge in [-0.3, -0.25) is 0 Å². The molecule has 0 amide bonds. The third-order valence-corrected chi connectivity index (χ3v) is 4.42. The SMILES string of the molecule is CC1(C)OB(c2cccc(OC3CCOC3)n2)OC1(C)C. The lowest BCUT2D eigenvalue weighted by Crippen LogP contribution is -2.41. The summed E-state index contributed by atoms with van der Waals surface area (Å²) in [5, 5.41) is 0. The first-order valence-corrected chi connectivity index (χ1v) is 7.44. The molecular weight excluding hydrogens is 269 g/mol. The van der Waals surface area contributed by atoms with Crippen molar-refractivity contribution in [1.29, 1.82) is 0 Å². The highest BCUT2D eigenvalue weighted by Gasteiger charge is 2.52. The van der Waals surface area contributed by atoms with Crippen molar-refractivity contribution in [3.8, 4) is 5.88 Å². The van der Waals surface area contributed by atoms with Crippen LogP contribution in [0.25, 0.3) is 0 Å². The average molecular weight is 291 g/mol. The predicted octanol–water partition coefficient (Wildman–Crippen LogP) is 1.55. The van der Waals surface area contributed by atoms with E-state index in [1.807, 2.05) is 45.9 Å². The van der Waals surface area contributed by atoms with Crippen LogP contribution in [-0.2, 0) is 14.0 Å². The van der Waals surface area contributed by atoms with E-state index in [4.69, 9.17) is 18.8 Å². The number of ether oxygens (including phenoxy) is 2. The fourth-order valence-electron chi connectivity index (χ4n) is 2.37. The molecule has 2 fully saturated rings. The minimum atomic E-state index is -0.460. The van der Waals surface area contributed by atoms with Gasteiger partial charge >= 0.3 is 7.12 Å². The fraction of sp³-hybridized carbons (Fsp3) is 0.667. The van der Waals surface area contributed by atoms with Gasteiger partial charge in [-0.1, -0.05) is 6.07 Å². The number of hydrogen-bond acceptors (Lipinski definition) is 5. The summed E-state index contributed by atoms with van der Waals surface area (Å²) in [5.74, 6) is 0.595. The summed E-state index contributed by atoms with van der Waals surface area (Å²) < 4.78 is 23.2. The minimum Gasteiger partial charge on any atom is -0.472 e. The van der Waals surface area contributed by atoms with E-state index in [0.29, 0.717) is 12.5 Å². The van der Waals surface area contributed by atoms with Gasteiger partial charge in [-0.05, 0) is 33.8 Å². The number of rotatable bonds is 3. The van der Waals surface area contributed by atoms with Gasteiger partial charge in [0, 0.05) is 12.5 Å². The summed E-state index contributed by atoms with van der Waals surface area (Å²) in [6.07, 6.45) is 0.994. The van der Waals surface area contributed by atoms with Crippen molar-refractivity contribution in [2.24, 2.45) is 0 Å². The summed E-state index contributed by atoms with van der Waals surface area (Å²) in [6, 6.07) is 5.67. The molecule has 2 saturated heterocycles. The zero-order chi connectivity index (χ0) is 15.1. The molecule has 5 nitrogen and oxygen atoms in total. The zero-order valence-electron chi connectivity index (χ0n) is 13.1. The molecular formula is C15H22BNO4. The Morgan fingerprint density at radius 2 is 1.90 bits per heavy atom. The summed E-state index contributed by atoms with van der Waals surface area (Å²) in [5.41, 5.74) is 0.00965. The van der Waals surface area contributed by atoms with Crippen LogP contribution in [-0.4, -0.2) is 42.6 Å². The van der Waals surface area contributed by atoms with Gasteiger partial charge in [-0.15, -0.1) is 0 Å². The van der Waals surface area contributed by atoms with Crippen LogP contribution in [0.2, 0.25) is 0 Å². The lowest BCUT2D eigenvalue weighted by atomic mass is 9.84. The Morgan fingerprint density at radius 3 is 2.52 bits per heavy atom. The summed E-state index contributed by atoms with van der Waals surface area (Å²) in [6.45, 7) is 9.50. The van der Waals surface area contributed by atoms with Gasteiger partial charge in [0.25, 0.3) is 0 Å². The molecule has 1 aromatic rings. The van der Waals surface area contributed by atoms with Crippen LogP contribution in [0.3, 0.4) is 0 Å². The summed E-state index contributed by atoms with van der Waals surface area (Å²) >= 11 is 0. The topological polar surface area (TPSA) is 49.8 Å². The standard InChI is InChI=1S/C15H22BNO4/c1-14(2)15(3,4)21-16(20-14)12-6-5-7-13(17-12)19-11-8-9-18-10-11/h5-7,11H,8-10H2,1-4H3. The molecule has 1 unspecified atom stereocenters. The molecule has 0 aliphatic carbocycles. The Bertz CT molecular complexity index is 498. The van der Waals surface area contributed by atoms with Crippen molar-refractivity contribution in [3.63, 3.8) is 0 Å². The summed E-state index contributed by atoms with van der Waals surface area (Å²) in [4.78, 5) is 4.52. The van der Waals surface area contributed by atoms with Crippen LogP contribution in [0.5, 0.6) is 5.88 Å². The third kappa shape index (κ3) is 2.93. The normalized spacial score (nSPS) is 27.0. The lowest BCUT2D eigenvalue weighted by molar-refractivity contribution is 0.00578. The number of nitrogens with zero attached hydrogens (tertiary/aromatic N) is 1.